The summed E-state index contributed by atoms with van der Waals surface area (Å²) >= 11 is 0. The van der Waals surface area contributed by atoms with Crippen LogP contribution in [0.2, 0.25) is 0 Å². The molecule has 2 saturated heterocycles. The maximum Gasteiger partial charge on any atom is 0.318 e. The van der Waals surface area contributed by atoms with Gasteiger partial charge >= 0.3 is 6.03 Å². The average Bonchev–Trinajstić information content (AvgIpc) is 3.04. The van der Waals surface area contributed by atoms with E-state index in [0.717, 1.165) is 12.8 Å². The van der Waals surface area contributed by atoms with E-state index in [1.54, 1.807) is 11.0 Å². The summed E-state index contributed by atoms with van der Waals surface area (Å²) in [6, 6.07) is 1.94. The topological polar surface area (TPSA) is 75.0 Å². The number of ether oxygens (including phenoxy) is 1. The van der Waals surface area contributed by atoms with Crippen LogP contribution in [0.25, 0.3) is 0 Å². The van der Waals surface area contributed by atoms with Crippen molar-refractivity contribution in [3.63, 3.8) is 0 Å². The Kier molecular flexibility index (Phi) is 5.08. The molecular formula is C17H25N3O4. The van der Waals surface area contributed by atoms with Gasteiger partial charge in [-0.1, -0.05) is 0 Å². The second-order valence-electron chi connectivity index (χ2n) is 6.73. The predicted molar refractivity (Wildman–Crippen MR) is 87.7 cm³/mol. The summed E-state index contributed by atoms with van der Waals surface area (Å²) in [6.45, 7) is 6.39. The number of amides is 3. The van der Waals surface area contributed by atoms with Gasteiger partial charge in [-0.15, -0.1) is 0 Å². The lowest BCUT2D eigenvalue weighted by Crippen LogP contribution is -2.66. The number of rotatable bonds is 4. The highest BCUT2D eigenvalue weighted by molar-refractivity contribution is 5.94. The van der Waals surface area contributed by atoms with Crippen molar-refractivity contribution in [2.24, 2.45) is 0 Å². The van der Waals surface area contributed by atoms with Gasteiger partial charge in [0, 0.05) is 38.4 Å². The van der Waals surface area contributed by atoms with Crippen LogP contribution in [0.5, 0.6) is 0 Å². The minimum atomic E-state index is -0.0452. The summed E-state index contributed by atoms with van der Waals surface area (Å²) in [5.74, 6) is -0.0452. The molecule has 3 rings (SSSR count). The van der Waals surface area contributed by atoms with Crippen LogP contribution in [0, 0.1) is 0 Å². The van der Waals surface area contributed by atoms with Gasteiger partial charge in [0.25, 0.3) is 5.91 Å². The summed E-state index contributed by atoms with van der Waals surface area (Å²) in [6.07, 6.45) is 4.64. The number of furan rings is 1. The molecule has 2 aliphatic rings. The molecule has 1 aromatic rings. The Morgan fingerprint density at radius 1 is 1.25 bits per heavy atom. The summed E-state index contributed by atoms with van der Waals surface area (Å²) in [7, 11) is 0. The molecular weight excluding hydrogens is 310 g/mol. The highest BCUT2D eigenvalue weighted by atomic mass is 16.5. The number of hydrogen-bond donors (Lipinski definition) is 1. The van der Waals surface area contributed by atoms with E-state index in [0.29, 0.717) is 31.9 Å². The van der Waals surface area contributed by atoms with E-state index < -0.39 is 0 Å². The fraction of sp³-hybridized carbons (Fsp3) is 0.647. The Hall–Kier alpha value is -2.02. The van der Waals surface area contributed by atoms with Crippen molar-refractivity contribution in [2.45, 2.75) is 44.8 Å². The van der Waals surface area contributed by atoms with E-state index in [1.807, 2.05) is 18.7 Å². The molecule has 0 unspecified atom stereocenters. The lowest BCUT2D eigenvalue weighted by Gasteiger charge is -2.48. The number of carbonyl (C=O) groups is 2. The summed E-state index contributed by atoms with van der Waals surface area (Å²) in [4.78, 5) is 28.6. The maximum atomic E-state index is 12.6. The van der Waals surface area contributed by atoms with Crippen LogP contribution in [0.4, 0.5) is 4.79 Å². The van der Waals surface area contributed by atoms with Crippen LogP contribution in [-0.2, 0) is 4.74 Å². The molecule has 1 N–H and O–H groups in total. The van der Waals surface area contributed by atoms with Crippen molar-refractivity contribution < 1.29 is 18.7 Å². The molecule has 0 atom stereocenters. The molecule has 0 aliphatic carbocycles. The Morgan fingerprint density at radius 2 is 1.96 bits per heavy atom. The maximum absolute atomic E-state index is 12.6. The minimum Gasteiger partial charge on any atom is -0.472 e. The normalized spacial score (nSPS) is 19.2. The molecule has 132 valence electrons. The van der Waals surface area contributed by atoms with Crippen molar-refractivity contribution in [1.82, 2.24) is 15.1 Å². The Labute approximate surface area is 141 Å². The first kappa shape index (κ1) is 16.8. The van der Waals surface area contributed by atoms with Gasteiger partial charge < -0.3 is 24.3 Å². The monoisotopic (exact) mass is 335 g/mol. The van der Waals surface area contributed by atoms with Gasteiger partial charge in [-0.25, -0.2) is 4.79 Å². The molecule has 24 heavy (non-hydrogen) atoms. The van der Waals surface area contributed by atoms with Crippen LogP contribution >= 0.6 is 0 Å². The fourth-order valence-corrected chi connectivity index (χ4v) is 3.28. The minimum absolute atomic E-state index is 0.0442. The van der Waals surface area contributed by atoms with Gasteiger partial charge in [0.05, 0.1) is 17.9 Å². The van der Waals surface area contributed by atoms with Gasteiger partial charge in [0.2, 0.25) is 0 Å². The van der Waals surface area contributed by atoms with Crippen LogP contribution in [0.1, 0.15) is 37.0 Å². The van der Waals surface area contributed by atoms with Crippen molar-refractivity contribution in [3.05, 3.63) is 24.2 Å². The van der Waals surface area contributed by atoms with Crippen LogP contribution < -0.4 is 5.32 Å². The second kappa shape index (κ2) is 7.25. The first-order valence-electron chi connectivity index (χ1n) is 8.54. The summed E-state index contributed by atoms with van der Waals surface area (Å²) < 4.78 is 10.4. The third-order valence-corrected chi connectivity index (χ3v) is 4.54. The zero-order valence-electron chi connectivity index (χ0n) is 14.2. The second-order valence-corrected chi connectivity index (χ2v) is 6.73. The molecule has 0 radical (unpaired) electrons. The van der Waals surface area contributed by atoms with Crippen LogP contribution in [0.15, 0.2) is 23.0 Å². The third-order valence-electron chi connectivity index (χ3n) is 4.54. The molecule has 3 amide bonds. The molecule has 0 aromatic carbocycles. The Morgan fingerprint density at radius 3 is 2.54 bits per heavy atom. The number of urea groups is 1. The molecule has 7 heteroatoms. The van der Waals surface area contributed by atoms with Crippen LogP contribution in [0.3, 0.4) is 0 Å². The molecule has 2 aliphatic heterocycles. The van der Waals surface area contributed by atoms with Gasteiger partial charge in [-0.05, 0) is 32.8 Å². The van der Waals surface area contributed by atoms with Crippen LogP contribution in [-0.4, -0.2) is 66.2 Å². The first-order valence-corrected chi connectivity index (χ1v) is 8.54. The van der Waals surface area contributed by atoms with Gasteiger partial charge in [-0.3, -0.25) is 4.79 Å². The number of nitrogens with zero attached hydrogens (tertiary/aromatic N) is 2. The standard InChI is InChI=1S/C17H25N3O4/c1-12(2)18-17(22)20(14-4-7-23-8-5-14)15-9-19(10-15)16(21)13-3-6-24-11-13/h3,6,11-12,14-15H,4-5,7-10H2,1-2H3,(H,18,22). The molecule has 2 fully saturated rings. The Balaban J connectivity index is 1.64. The number of hydrogen-bond acceptors (Lipinski definition) is 4. The lowest BCUT2D eigenvalue weighted by molar-refractivity contribution is -0.00523. The third kappa shape index (κ3) is 3.56. The van der Waals surface area contributed by atoms with E-state index in [4.69, 9.17) is 9.15 Å². The highest BCUT2D eigenvalue weighted by Gasteiger charge is 2.41. The summed E-state index contributed by atoms with van der Waals surface area (Å²) in [5.41, 5.74) is 0.553. The molecule has 7 nitrogen and oxygen atoms in total. The zero-order chi connectivity index (χ0) is 17.1. The van der Waals surface area contributed by atoms with Crippen molar-refractivity contribution in [3.8, 4) is 0 Å². The molecule has 0 bridgehead atoms. The summed E-state index contributed by atoms with van der Waals surface area (Å²) in [5, 5.41) is 2.99. The number of carbonyl (C=O) groups excluding carboxylic acids is 2. The van der Waals surface area contributed by atoms with E-state index in [9.17, 15) is 9.59 Å². The van der Waals surface area contributed by atoms with Crippen molar-refractivity contribution in [1.29, 1.82) is 0 Å². The molecule has 3 heterocycles. The van der Waals surface area contributed by atoms with Gasteiger partial charge in [0.1, 0.15) is 6.26 Å². The highest BCUT2D eigenvalue weighted by Crippen LogP contribution is 2.24. The fourth-order valence-electron chi connectivity index (χ4n) is 3.28. The smallest absolute Gasteiger partial charge is 0.318 e. The van der Waals surface area contributed by atoms with Gasteiger partial charge in [0.15, 0.2) is 0 Å². The predicted octanol–water partition coefficient (Wildman–Crippen LogP) is 1.70. The van der Waals surface area contributed by atoms with Gasteiger partial charge in [-0.2, -0.15) is 0 Å². The number of nitrogens with one attached hydrogen (secondary N) is 1. The average molecular weight is 335 g/mol. The van der Waals surface area contributed by atoms with E-state index in [1.165, 1.54) is 12.5 Å². The first-order chi connectivity index (χ1) is 11.6. The number of likely N-dealkylation sites (tertiary alicyclic amines) is 1. The molecule has 0 saturated carbocycles. The van der Waals surface area contributed by atoms with E-state index in [2.05, 4.69) is 5.32 Å². The zero-order valence-corrected chi connectivity index (χ0v) is 14.2. The van der Waals surface area contributed by atoms with E-state index >= 15 is 0 Å². The molecule has 1 aromatic heterocycles. The quantitative estimate of drug-likeness (QED) is 0.909. The lowest BCUT2D eigenvalue weighted by atomic mass is 10.00. The SMILES string of the molecule is CC(C)NC(=O)N(C1CCOCC1)C1CN(C(=O)c2ccoc2)C1. The van der Waals surface area contributed by atoms with Crippen molar-refractivity contribution >= 4 is 11.9 Å². The largest absolute Gasteiger partial charge is 0.472 e. The Bertz CT molecular complexity index is 560. The molecule has 0 spiro atoms. The van der Waals surface area contributed by atoms with Crippen molar-refractivity contribution in [2.75, 3.05) is 26.3 Å². The van der Waals surface area contributed by atoms with E-state index in [-0.39, 0.29) is 30.1 Å².